The van der Waals surface area contributed by atoms with Crippen molar-refractivity contribution in [2.45, 2.75) is 24.3 Å². The van der Waals surface area contributed by atoms with Crippen LogP contribution in [0.15, 0.2) is 53.4 Å². The van der Waals surface area contributed by atoms with Gasteiger partial charge in [-0.3, -0.25) is 9.52 Å². The van der Waals surface area contributed by atoms with Crippen molar-refractivity contribution in [2.24, 2.45) is 0 Å². The molecule has 1 aliphatic heterocycles. The normalized spacial score (nSPS) is 15.4. The molecule has 11 heteroatoms. The number of nitrogens with one attached hydrogen (secondary N) is 2. The Morgan fingerprint density at radius 1 is 1.13 bits per heavy atom. The standard InChI is InChI=1S/C19H18N4O5S2/c1-2-17-21-22-19(29-17)23-30(25,26)13-9-7-12(8-10-13)20-18(24)16-11-27-14-5-3-4-6-15(14)28-16/h3-10,16H,2,11H2,1H3,(H,20,24)(H,22,23)/t16-/m0/s1. The summed E-state index contributed by atoms with van der Waals surface area (Å²) in [5.74, 6) is 0.698. The lowest BCUT2D eigenvalue weighted by atomic mass is 10.2. The third-order valence-corrected chi connectivity index (χ3v) is 6.69. The molecule has 2 heterocycles. The highest BCUT2D eigenvalue weighted by atomic mass is 32.2. The lowest BCUT2D eigenvalue weighted by Crippen LogP contribution is -2.40. The molecule has 2 N–H and O–H groups in total. The average molecular weight is 447 g/mol. The van der Waals surface area contributed by atoms with Gasteiger partial charge in [0.25, 0.3) is 15.9 Å². The van der Waals surface area contributed by atoms with Crippen molar-refractivity contribution in [3.8, 4) is 11.5 Å². The van der Waals surface area contributed by atoms with Gasteiger partial charge in [0.05, 0.1) is 4.90 Å². The number of nitrogens with zero attached hydrogens (tertiary/aromatic N) is 2. The van der Waals surface area contributed by atoms with Gasteiger partial charge in [0.1, 0.15) is 11.6 Å². The largest absolute Gasteiger partial charge is 0.485 e. The first kappa shape index (κ1) is 20.1. The van der Waals surface area contributed by atoms with Crippen molar-refractivity contribution in [1.82, 2.24) is 10.2 Å². The molecule has 9 nitrogen and oxygen atoms in total. The number of hydrogen-bond donors (Lipinski definition) is 2. The maximum absolute atomic E-state index is 12.5. The predicted molar refractivity (Wildman–Crippen MR) is 112 cm³/mol. The van der Waals surface area contributed by atoms with Gasteiger partial charge in [0.2, 0.25) is 11.2 Å². The first-order chi connectivity index (χ1) is 14.4. The smallest absolute Gasteiger partial charge is 0.269 e. The minimum Gasteiger partial charge on any atom is -0.485 e. The summed E-state index contributed by atoms with van der Waals surface area (Å²) in [6, 6.07) is 12.9. The van der Waals surface area contributed by atoms with Crippen molar-refractivity contribution in [3.63, 3.8) is 0 Å². The molecule has 3 aromatic rings. The second kappa shape index (κ2) is 8.28. The van der Waals surface area contributed by atoms with Crippen LogP contribution in [0.25, 0.3) is 0 Å². The molecule has 30 heavy (non-hydrogen) atoms. The first-order valence-corrected chi connectivity index (χ1v) is 11.4. The molecular formula is C19H18N4O5S2. The fourth-order valence-electron chi connectivity index (χ4n) is 2.70. The number of carbonyl (C=O) groups excluding carboxylic acids is 1. The van der Waals surface area contributed by atoms with Crippen molar-refractivity contribution in [1.29, 1.82) is 0 Å². The van der Waals surface area contributed by atoms with Crippen LogP contribution in [0.5, 0.6) is 11.5 Å². The second-order valence-corrected chi connectivity index (χ2v) is 9.08. The van der Waals surface area contributed by atoms with Crippen LogP contribution in [0, 0.1) is 0 Å². The zero-order valence-corrected chi connectivity index (χ0v) is 17.5. The van der Waals surface area contributed by atoms with Gasteiger partial charge in [-0.15, -0.1) is 10.2 Å². The molecule has 0 radical (unpaired) electrons. The topological polar surface area (TPSA) is 120 Å². The Labute approximate surface area is 177 Å². The summed E-state index contributed by atoms with van der Waals surface area (Å²) >= 11 is 1.18. The number of hydrogen-bond acceptors (Lipinski definition) is 8. The number of ether oxygens (including phenoxy) is 2. The molecule has 0 unspecified atom stereocenters. The molecule has 4 rings (SSSR count). The number of para-hydroxylation sites is 2. The average Bonchev–Trinajstić information content (AvgIpc) is 3.20. The molecule has 0 aliphatic carbocycles. The van der Waals surface area contributed by atoms with Gasteiger partial charge in [0.15, 0.2) is 11.5 Å². The van der Waals surface area contributed by atoms with Gasteiger partial charge in [-0.25, -0.2) is 8.42 Å². The van der Waals surface area contributed by atoms with Crippen LogP contribution in [0.3, 0.4) is 0 Å². The van der Waals surface area contributed by atoms with E-state index in [9.17, 15) is 13.2 Å². The number of anilines is 2. The fraction of sp³-hybridized carbons (Fsp3) is 0.211. The van der Waals surface area contributed by atoms with E-state index in [0.717, 1.165) is 5.01 Å². The maximum Gasteiger partial charge on any atom is 0.269 e. The zero-order chi connectivity index (χ0) is 21.1. The Kier molecular flexibility index (Phi) is 5.55. The first-order valence-electron chi connectivity index (χ1n) is 9.09. The van der Waals surface area contributed by atoms with Crippen molar-refractivity contribution >= 4 is 38.1 Å². The highest BCUT2D eigenvalue weighted by Crippen LogP contribution is 2.31. The molecule has 1 amide bonds. The quantitative estimate of drug-likeness (QED) is 0.597. The lowest BCUT2D eigenvalue weighted by Gasteiger charge is -2.25. The number of rotatable bonds is 6. The molecule has 1 aliphatic rings. The third kappa shape index (κ3) is 4.36. The monoisotopic (exact) mass is 446 g/mol. The Morgan fingerprint density at radius 3 is 2.57 bits per heavy atom. The van der Waals surface area contributed by atoms with E-state index in [0.29, 0.717) is 23.6 Å². The second-order valence-electron chi connectivity index (χ2n) is 6.34. The molecular weight excluding hydrogens is 428 g/mol. The Hall–Kier alpha value is -3.18. The van der Waals surface area contributed by atoms with Crippen LogP contribution in [0.2, 0.25) is 0 Å². The Bertz CT molecular complexity index is 1160. The lowest BCUT2D eigenvalue weighted by molar-refractivity contribution is -0.125. The molecule has 1 atom stereocenters. The number of carbonyl (C=O) groups is 1. The molecule has 0 spiro atoms. The minimum absolute atomic E-state index is 0.0416. The molecule has 1 aromatic heterocycles. The summed E-state index contributed by atoms with van der Waals surface area (Å²) in [7, 11) is -3.81. The third-order valence-electron chi connectivity index (χ3n) is 4.22. The van der Waals surface area contributed by atoms with Gasteiger partial charge in [-0.2, -0.15) is 0 Å². The molecule has 0 bridgehead atoms. The van der Waals surface area contributed by atoms with Crippen molar-refractivity contribution in [2.75, 3.05) is 16.6 Å². The van der Waals surface area contributed by atoms with E-state index >= 15 is 0 Å². The molecule has 0 saturated heterocycles. The SMILES string of the molecule is CCc1nnc(NS(=O)(=O)c2ccc(NC(=O)[C@@H]3COc4ccccc4O3)cc2)s1. The van der Waals surface area contributed by atoms with E-state index in [1.54, 1.807) is 18.2 Å². The summed E-state index contributed by atoms with van der Waals surface area (Å²) in [6.07, 6.45) is -0.134. The van der Waals surface area contributed by atoms with Gasteiger partial charge in [-0.1, -0.05) is 30.4 Å². The number of sulfonamides is 1. The summed E-state index contributed by atoms with van der Waals surface area (Å²) in [4.78, 5) is 12.5. The zero-order valence-electron chi connectivity index (χ0n) is 15.9. The van der Waals surface area contributed by atoms with Crippen LogP contribution >= 0.6 is 11.3 Å². The summed E-state index contributed by atoms with van der Waals surface area (Å²) in [5, 5.41) is 11.4. The number of aromatic nitrogens is 2. The van der Waals surface area contributed by atoms with E-state index in [1.807, 2.05) is 13.0 Å². The van der Waals surface area contributed by atoms with Gasteiger partial charge in [-0.05, 0) is 42.8 Å². The van der Waals surface area contributed by atoms with E-state index in [1.165, 1.54) is 35.6 Å². The summed E-state index contributed by atoms with van der Waals surface area (Å²) < 4.78 is 38.6. The van der Waals surface area contributed by atoms with Gasteiger partial charge < -0.3 is 14.8 Å². The van der Waals surface area contributed by atoms with E-state index in [2.05, 4.69) is 20.2 Å². The number of amides is 1. The number of fused-ring (bicyclic) bond motifs is 1. The minimum atomic E-state index is -3.81. The van der Waals surface area contributed by atoms with Crippen LogP contribution < -0.4 is 19.5 Å². The highest BCUT2D eigenvalue weighted by Gasteiger charge is 2.27. The van der Waals surface area contributed by atoms with Crippen molar-refractivity contribution in [3.05, 3.63) is 53.5 Å². The Morgan fingerprint density at radius 2 is 1.87 bits per heavy atom. The predicted octanol–water partition coefficient (Wildman–Crippen LogP) is 2.68. The number of aryl methyl sites for hydroxylation is 1. The van der Waals surface area contributed by atoms with Gasteiger partial charge >= 0.3 is 0 Å². The number of benzene rings is 2. The summed E-state index contributed by atoms with van der Waals surface area (Å²) in [6.45, 7) is 2.00. The van der Waals surface area contributed by atoms with Crippen LogP contribution in [0.1, 0.15) is 11.9 Å². The fourth-order valence-corrected chi connectivity index (χ4v) is 4.61. The molecule has 0 fully saturated rings. The van der Waals surface area contributed by atoms with E-state index in [-0.39, 0.29) is 22.5 Å². The van der Waals surface area contributed by atoms with E-state index < -0.39 is 16.1 Å². The molecule has 156 valence electrons. The van der Waals surface area contributed by atoms with E-state index in [4.69, 9.17) is 9.47 Å². The van der Waals surface area contributed by atoms with Crippen LogP contribution in [0.4, 0.5) is 10.8 Å². The van der Waals surface area contributed by atoms with Crippen LogP contribution in [-0.2, 0) is 21.2 Å². The van der Waals surface area contributed by atoms with Gasteiger partial charge in [0, 0.05) is 5.69 Å². The maximum atomic E-state index is 12.5. The van der Waals surface area contributed by atoms with Crippen molar-refractivity contribution < 1.29 is 22.7 Å². The molecule has 2 aromatic carbocycles. The highest BCUT2D eigenvalue weighted by molar-refractivity contribution is 7.93. The summed E-state index contributed by atoms with van der Waals surface area (Å²) in [5.41, 5.74) is 0.436. The molecule has 0 saturated carbocycles. The Balaban J connectivity index is 1.40. The van der Waals surface area contributed by atoms with Crippen LogP contribution in [-0.4, -0.2) is 37.2 Å².